The Morgan fingerprint density at radius 2 is 1.53 bits per heavy atom. The molecule has 0 bridgehead atoms. The minimum absolute atomic E-state index is 0. The second-order valence-electron chi connectivity index (χ2n) is 3.70. The van der Waals surface area contributed by atoms with Gasteiger partial charge in [-0.3, -0.25) is 0 Å². The van der Waals surface area contributed by atoms with Crippen LogP contribution in [0.1, 0.15) is 11.1 Å². The zero-order chi connectivity index (χ0) is 11.4. The van der Waals surface area contributed by atoms with Gasteiger partial charge in [-0.05, 0) is 19.1 Å². The first kappa shape index (κ1) is 13.3. The molecule has 0 aromatic heterocycles. The van der Waals surface area contributed by atoms with Gasteiger partial charge >= 0.3 is 0 Å². The Morgan fingerprint density at radius 1 is 0.941 bits per heavy atom. The maximum Gasteiger partial charge on any atom is 0.131 e. The summed E-state index contributed by atoms with van der Waals surface area (Å²) >= 11 is 0. The molecular weight excluding hydrogens is 232 g/mol. The van der Waals surface area contributed by atoms with Crippen molar-refractivity contribution in [1.29, 1.82) is 0 Å². The monoisotopic (exact) mass is 246 g/mol. The summed E-state index contributed by atoms with van der Waals surface area (Å²) in [7, 11) is 0. The average molecular weight is 247 g/mol. The molecule has 2 rings (SSSR count). The molecule has 0 aliphatic carbocycles. The van der Waals surface area contributed by atoms with Gasteiger partial charge in [0.15, 0.2) is 0 Å². The molecule has 0 saturated carbocycles. The number of para-hydroxylation sites is 1. The van der Waals surface area contributed by atoms with E-state index >= 15 is 0 Å². The van der Waals surface area contributed by atoms with Gasteiger partial charge in [0.25, 0.3) is 0 Å². The summed E-state index contributed by atoms with van der Waals surface area (Å²) in [4.78, 5) is 4.35. The minimum atomic E-state index is 0. The Bertz CT molecular complexity index is 489. The fourth-order valence-corrected chi connectivity index (χ4v) is 1.43. The summed E-state index contributed by atoms with van der Waals surface area (Å²) < 4.78 is 0. The van der Waals surface area contributed by atoms with Crippen LogP contribution >= 0.6 is 12.4 Å². The number of hydrogen-bond donors (Lipinski definition) is 1. The molecule has 0 saturated heterocycles. The Balaban J connectivity index is 0.00000144. The van der Waals surface area contributed by atoms with E-state index < -0.39 is 0 Å². The number of amidine groups is 1. The van der Waals surface area contributed by atoms with Crippen molar-refractivity contribution in [3.8, 4) is 0 Å². The van der Waals surface area contributed by atoms with E-state index in [-0.39, 0.29) is 12.4 Å². The van der Waals surface area contributed by atoms with Gasteiger partial charge in [0.05, 0.1) is 5.69 Å². The smallest absolute Gasteiger partial charge is 0.131 e. The maximum atomic E-state index is 5.93. The highest BCUT2D eigenvalue weighted by atomic mass is 35.5. The number of hydrogen-bond acceptors (Lipinski definition) is 1. The fraction of sp³-hybridized carbons (Fsp3) is 0.0714. The number of nitrogens with two attached hydrogens (primary N) is 1. The minimum Gasteiger partial charge on any atom is -0.383 e. The van der Waals surface area contributed by atoms with Gasteiger partial charge < -0.3 is 5.73 Å². The van der Waals surface area contributed by atoms with E-state index in [9.17, 15) is 0 Å². The number of aryl methyl sites for hydroxylation is 1. The molecular formula is C14H15ClN2. The molecule has 2 nitrogen and oxygen atoms in total. The number of aliphatic imine (C=N–C) groups is 1. The van der Waals surface area contributed by atoms with Gasteiger partial charge in [-0.1, -0.05) is 48.0 Å². The van der Waals surface area contributed by atoms with E-state index in [1.54, 1.807) is 0 Å². The third-order valence-electron chi connectivity index (χ3n) is 2.35. The second kappa shape index (κ2) is 6.06. The molecule has 2 N–H and O–H groups in total. The Kier molecular flexibility index (Phi) is 4.73. The first-order chi connectivity index (χ1) is 7.75. The van der Waals surface area contributed by atoms with E-state index in [4.69, 9.17) is 5.73 Å². The van der Waals surface area contributed by atoms with Crippen molar-refractivity contribution in [3.05, 3.63) is 65.7 Å². The van der Waals surface area contributed by atoms with Crippen LogP contribution in [0.15, 0.2) is 59.6 Å². The maximum absolute atomic E-state index is 5.93. The van der Waals surface area contributed by atoms with Crippen LogP contribution in [0, 0.1) is 6.92 Å². The molecule has 0 fully saturated rings. The lowest BCUT2D eigenvalue weighted by Gasteiger charge is -2.01. The number of nitrogens with zero attached hydrogens (tertiary/aromatic N) is 1. The quantitative estimate of drug-likeness (QED) is 0.640. The van der Waals surface area contributed by atoms with Gasteiger partial charge in [0, 0.05) is 5.56 Å². The molecule has 2 aromatic carbocycles. The topological polar surface area (TPSA) is 38.4 Å². The highest BCUT2D eigenvalue weighted by Crippen LogP contribution is 2.11. The van der Waals surface area contributed by atoms with Crippen molar-refractivity contribution < 1.29 is 0 Å². The van der Waals surface area contributed by atoms with E-state index in [0.717, 1.165) is 11.3 Å². The summed E-state index contributed by atoms with van der Waals surface area (Å²) in [5, 5.41) is 0. The van der Waals surface area contributed by atoms with Crippen LogP contribution in [0.25, 0.3) is 0 Å². The van der Waals surface area contributed by atoms with E-state index in [0.29, 0.717) is 5.84 Å². The summed E-state index contributed by atoms with van der Waals surface area (Å²) in [6.45, 7) is 2.05. The summed E-state index contributed by atoms with van der Waals surface area (Å²) in [5.74, 6) is 0.547. The number of benzene rings is 2. The van der Waals surface area contributed by atoms with Crippen molar-refractivity contribution in [2.75, 3.05) is 0 Å². The Morgan fingerprint density at radius 3 is 2.12 bits per heavy atom. The lowest BCUT2D eigenvalue weighted by atomic mass is 10.1. The van der Waals surface area contributed by atoms with Gasteiger partial charge in [-0.25, -0.2) is 4.99 Å². The van der Waals surface area contributed by atoms with Gasteiger partial charge in [-0.2, -0.15) is 0 Å². The number of rotatable bonds is 2. The standard InChI is InChI=1S/C14H14N2.ClH/c1-11-7-9-12(10-8-11)14(15)16-13-5-3-2-4-6-13;/h2-10H,1H3,(H2,15,16);1H. The van der Waals surface area contributed by atoms with Crippen LogP contribution in [0.4, 0.5) is 5.69 Å². The largest absolute Gasteiger partial charge is 0.383 e. The van der Waals surface area contributed by atoms with Crippen molar-refractivity contribution >= 4 is 23.9 Å². The van der Waals surface area contributed by atoms with Gasteiger partial charge in [0.2, 0.25) is 0 Å². The molecule has 0 aliphatic rings. The summed E-state index contributed by atoms with van der Waals surface area (Å²) in [6.07, 6.45) is 0. The van der Waals surface area contributed by atoms with E-state index in [1.807, 2.05) is 61.5 Å². The summed E-state index contributed by atoms with van der Waals surface area (Å²) in [5.41, 5.74) is 8.97. The first-order valence-corrected chi connectivity index (χ1v) is 5.22. The normalized spacial score (nSPS) is 10.8. The Labute approximate surface area is 108 Å². The van der Waals surface area contributed by atoms with Crippen molar-refractivity contribution in [2.24, 2.45) is 10.7 Å². The lowest BCUT2D eigenvalue weighted by molar-refractivity contribution is 1.42. The van der Waals surface area contributed by atoms with E-state index in [1.165, 1.54) is 5.56 Å². The number of halogens is 1. The van der Waals surface area contributed by atoms with E-state index in [2.05, 4.69) is 4.99 Å². The second-order valence-corrected chi connectivity index (χ2v) is 3.70. The predicted molar refractivity (Wildman–Crippen MR) is 75.3 cm³/mol. The lowest BCUT2D eigenvalue weighted by Crippen LogP contribution is -2.12. The van der Waals surface area contributed by atoms with Gasteiger partial charge in [0.1, 0.15) is 5.84 Å². The molecule has 0 aliphatic heterocycles. The molecule has 0 unspecified atom stereocenters. The highest BCUT2D eigenvalue weighted by Gasteiger charge is 1.97. The molecule has 0 amide bonds. The molecule has 3 heteroatoms. The van der Waals surface area contributed by atoms with Crippen LogP contribution in [-0.2, 0) is 0 Å². The molecule has 17 heavy (non-hydrogen) atoms. The highest BCUT2D eigenvalue weighted by molar-refractivity contribution is 5.99. The Hall–Kier alpha value is -1.80. The van der Waals surface area contributed by atoms with Crippen molar-refractivity contribution in [1.82, 2.24) is 0 Å². The zero-order valence-electron chi connectivity index (χ0n) is 9.63. The first-order valence-electron chi connectivity index (χ1n) is 5.22. The van der Waals surface area contributed by atoms with Gasteiger partial charge in [-0.15, -0.1) is 12.4 Å². The third-order valence-corrected chi connectivity index (χ3v) is 2.35. The predicted octanol–water partition coefficient (Wildman–Crippen LogP) is 3.45. The van der Waals surface area contributed by atoms with Crippen LogP contribution in [0.2, 0.25) is 0 Å². The molecule has 2 aromatic rings. The van der Waals surface area contributed by atoms with Crippen LogP contribution in [0.3, 0.4) is 0 Å². The zero-order valence-corrected chi connectivity index (χ0v) is 10.4. The van der Waals surface area contributed by atoms with Crippen LogP contribution in [0.5, 0.6) is 0 Å². The average Bonchev–Trinajstić information content (AvgIpc) is 2.31. The molecule has 88 valence electrons. The van der Waals surface area contributed by atoms with Crippen LogP contribution in [-0.4, -0.2) is 5.84 Å². The summed E-state index contributed by atoms with van der Waals surface area (Å²) in [6, 6.07) is 17.7. The molecule has 0 atom stereocenters. The molecule has 0 radical (unpaired) electrons. The fourth-order valence-electron chi connectivity index (χ4n) is 1.43. The molecule has 0 spiro atoms. The van der Waals surface area contributed by atoms with Crippen molar-refractivity contribution in [2.45, 2.75) is 6.92 Å². The molecule has 0 heterocycles. The van der Waals surface area contributed by atoms with Crippen LogP contribution < -0.4 is 5.73 Å². The van der Waals surface area contributed by atoms with Crippen molar-refractivity contribution in [3.63, 3.8) is 0 Å². The SMILES string of the molecule is Cc1ccc(C(N)=Nc2ccccc2)cc1.Cl. The third kappa shape index (κ3) is 3.61.